The van der Waals surface area contributed by atoms with Crippen LogP contribution in [0.1, 0.15) is 45.4 Å². The first-order chi connectivity index (χ1) is 8.74. The molecule has 0 aromatic rings. The molecule has 1 N–H and O–H groups in total. The van der Waals surface area contributed by atoms with Crippen LogP contribution in [0.25, 0.3) is 0 Å². The summed E-state index contributed by atoms with van der Waals surface area (Å²) in [6, 6.07) is 0.834. The molecule has 2 aliphatic carbocycles. The van der Waals surface area contributed by atoms with E-state index in [-0.39, 0.29) is 0 Å². The molecular formula is C15H29NO2. The lowest BCUT2D eigenvalue weighted by Crippen LogP contribution is -2.35. The van der Waals surface area contributed by atoms with Gasteiger partial charge in [-0.25, -0.2) is 0 Å². The van der Waals surface area contributed by atoms with Gasteiger partial charge in [0.15, 0.2) is 0 Å². The zero-order valence-corrected chi connectivity index (χ0v) is 12.0. The zero-order chi connectivity index (χ0) is 12.8. The first-order valence-electron chi connectivity index (χ1n) is 7.55. The molecule has 0 aromatic heterocycles. The SMILES string of the molecule is COCCOCCCC(C)(CNC1CC1)C1CC1. The van der Waals surface area contributed by atoms with E-state index in [2.05, 4.69) is 12.2 Å². The largest absolute Gasteiger partial charge is 0.382 e. The third kappa shape index (κ3) is 4.87. The van der Waals surface area contributed by atoms with Gasteiger partial charge in [0.25, 0.3) is 0 Å². The molecule has 1 atom stereocenters. The summed E-state index contributed by atoms with van der Waals surface area (Å²) in [4.78, 5) is 0. The van der Waals surface area contributed by atoms with Crippen LogP contribution < -0.4 is 5.32 Å². The Morgan fingerprint density at radius 1 is 1.11 bits per heavy atom. The number of hydrogen-bond donors (Lipinski definition) is 1. The first-order valence-corrected chi connectivity index (χ1v) is 7.55. The quantitative estimate of drug-likeness (QED) is 0.576. The summed E-state index contributed by atoms with van der Waals surface area (Å²) in [6.45, 7) is 6.00. The highest BCUT2D eigenvalue weighted by atomic mass is 16.5. The predicted octanol–water partition coefficient (Wildman–Crippen LogP) is 2.60. The summed E-state index contributed by atoms with van der Waals surface area (Å²) in [6.07, 6.45) is 8.13. The molecule has 0 spiro atoms. The Morgan fingerprint density at radius 3 is 2.50 bits per heavy atom. The molecule has 0 amide bonds. The molecule has 2 rings (SSSR count). The van der Waals surface area contributed by atoms with Crippen molar-refractivity contribution in [3.8, 4) is 0 Å². The van der Waals surface area contributed by atoms with Crippen molar-refractivity contribution in [3.05, 3.63) is 0 Å². The highest BCUT2D eigenvalue weighted by molar-refractivity contribution is 4.94. The summed E-state index contributed by atoms with van der Waals surface area (Å²) in [5, 5.41) is 3.72. The fourth-order valence-electron chi connectivity index (χ4n) is 2.70. The lowest BCUT2D eigenvalue weighted by Gasteiger charge is -2.30. The average Bonchev–Trinajstić information content (AvgIpc) is 3.23. The molecular weight excluding hydrogens is 226 g/mol. The third-order valence-corrected chi connectivity index (χ3v) is 4.40. The molecule has 106 valence electrons. The van der Waals surface area contributed by atoms with Gasteiger partial charge in [-0.3, -0.25) is 0 Å². The molecule has 2 fully saturated rings. The topological polar surface area (TPSA) is 30.5 Å². The van der Waals surface area contributed by atoms with Crippen LogP contribution in [-0.4, -0.2) is 39.5 Å². The van der Waals surface area contributed by atoms with Crippen molar-refractivity contribution in [2.45, 2.75) is 51.5 Å². The van der Waals surface area contributed by atoms with Crippen molar-refractivity contribution in [1.29, 1.82) is 0 Å². The maximum Gasteiger partial charge on any atom is 0.0700 e. The van der Waals surface area contributed by atoms with E-state index in [0.717, 1.165) is 25.2 Å². The van der Waals surface area contributed by atoms with Gasteiger partial charge in [-0.1, -0.05) is 6.92 Å². The van der Waals surface area contributed by atoms with Crippen LogP contribution in [0.3, 0.4) is 0 Å². The van der Waals surface area contributed by atoms with Gasteiger partial charge < -0.3 is 14.8 Å². The molecule has 1 unspecified atom stereocenters. The number of rotatable bonds is 11. The minimum absolute atomic E-state index is 0.507. The normalized spacial score (nSPS) is 23.0. The Morgan fingerprint density at radius 2 is 1.89 bits per heavy atom. The van der Waals surface area contributed by atoms with Crippen LogP contribution >= 0.6 is 0 Å². The van der Waals surface area contributed by atoms with Crippen LogP contribution in [-0.2, 0) is 9.47 Å². The Kier molecular flexibility index (Phi) is 5.46. The van der Waals surface area contributed by atoms with Crippen molar-refractivity contribution in [1.82, 2.24) is 5.32 Å². The van der Waals surface area contributed by atoms with Crippen LogP contribution in [0.15, 0.2) is 0 Å². The molecule has 2 aliphatic rings. The molecule has 0 saturated heterocycles. The van der Waals surface area contributed by atoms with Gasteiger partial charge >= 0.3 is 0 Å². The maximum atomic E-state index is 5.56. The van der Waals surface area contributed by atoms with E-state index in [0.29, 0.717) is 12.0 Å². The standard InChI is InChI=1S/C15H29NO2/c1-15(13-4-5-13,12-16-14-6-7-14)8-3-9-18-11-10-17-2/h13-14,16H,3-12H2,1-2H3. The second-order valence-corrected chi connectivity index (χ2v) is 6.29. The van der Waals surface area contributed by atoms with Crippen molar-refractivity contribution >= 4 is 0 Å². The van der Waals surface area contributed by atoms with Crippen LogP contribution in [0.5, 0.6) is 0 Å². The van der Waals surface area contributed by atoms with E-state index in [4.69, 9.17) is 9.47 Å². The van der Waals surface area contributed by atoms with Crippen molar-refractivity contribution in [2.24, 2.45) is 11.3 Å². The van der Waals surface area contributed by atoms with Gasteiger partial charge in [0.05, 0.1) is 13.2 Å². The van der Waals surface area contributed by atoms with Gasteiger partial charge in [0, 0.05) is 26.3 Å². The molecule has 0 bridgehead atoms. The Labute approximate surface area is 112 Å². The zero-order valence-electron chi connectivity index (χ0n) is 12.0. The summed E-state index contributed by atoms with van der Waals surface area (Å²) in [7, 11) is 1.72. The van der Waals surface area contributed by atoms with E-state index in [9.17, 15) is 0 Å². The van der Waals surface area contributed by atoms with Crippen molar-refractivity contribution in [3.63, 3.8) is 0 Å². The predicted molar refractivity (Wildman–Crippen MR) is 73.8 cm³/mol. The average molecular weight is 255 g/mol. The van der Waals surface area contributed by atoms with E-state index < -0.39 is 0 Å². The molecule has 3 nitrogen and oxygen atoms in total. The Hall–Kier alpha value is -0.120. The highest BCUT2D eigenvalue weighted by Crippen LogP contribution is 2.48. The Balaban J connectivity index is 1.59. The number of nitrogens with one attached hydrogen (secondary N) is 1. The van der Waals surface area contributed by atoms with E-state index in [1.54, 1.807) is 7.11 Å². The van der Waals surface area contributed by atoms with Gasteiger partial charge in [-0.05, 0) is 49.9 Å². The minimum atomic E-state index is 0.507. The number of methoxy groups -OCH3 is 1. The monoisotopic (exact) mass is 255 g/mol. The molecule has 18 heavy (non-hydrogen) atoms. The second kappa shape index (κ2) is 6.88. The van der Waals surface area contributed by atoms with E-state index in [1.807, 2.05) is 0 Å². The fourth-order valence-corrected chi connectivity index (χ4v) is 2.70. The lowest BCUT2D eigenvalue weighted by atomic mass is 9.80. The summed E-state index contributed by atoms with van der Waals surface area (Å²) >= 11 is 0. The highest BCUT2D eigenvalue weighted by Gasteiger charge is 2.41. The minimum Gasteiger partial charge on any atom is -0.382 e. The van der Waals surface area contributed by atoms with Crippen molar-refractivity contribution < 1.29 is 9.47 Å². The lowest BCUT2D eigenvalue weighted by molar-refractivity contribution is 0.0627. The summed E-state index contributed by atoms with van der Waals surface area (Å²) < 4.78 is 10.5. The fraction of sp³-hybridized carbons (Fsp3) is 1.00. The number of hydrogen-bond acceptors (Lipinski definition) is 3. The number of ether oxygens (including phenoxy) is 2. The molecule has 0 radical (unpaired) electrons. The summed E-state index contributed by atoms with van der Waals surface area (Å²) in [5.41, 5.74) is 0.507. The maximum absolute atomic E-state index is 5.56. The third-order valence-electron chi connectivity index (χ3n) is 4.40. The molecule has 2 saturated carbocycles. The van der Waals surface area contributed by atoms with Gasteiger partial charge in [0.1, 0.15) is 0 Å². The van der Waals surface area contributed by atoms with Crippen LogP contribution in [0.4, 0.5) is 0 Å². The Bertz CT molecular complexity index is 239. The molecule has 0 aliphatic heterocycles. The van der Waals surface area contributed by atoms with Gasteiger partial charge in [0.2, 0.25) is 0 Å². The second-order valence-electron chi connectivity index (χ2n) is 6.29. The molecule has 0 heterocycles. The van der Waals surface area contributed by atoms with E-state index in [1.165, 1.54) is 45.1 Å². The van der Waals surface area contributed by atoms with Crippen molar-refractivity contribution in [2.75, 3.05) is 33.5 Å². The molecule has 0 aromatic carbocycles. The van der Waals surface area contributed by atoms with Gasteiger partial charge in [-0.15, -0.1) is 0 Å². The molecule has 3 heteroatoms. The smallest absolute Gasteiger partial charge is 0.0700 e. The van der Waals surface area contributed by atoms with Crippen LogP contribution in [0.2, 0.25) is 0 Å². The van der Waals surface area contributed by atoms with Gasteiger partial charge in [-0.2, -0.15) is 0 Å². The summed E-state index contributed by atoms with van der Waals surface area (Å²) in [5.74, 6) is 0.961. The van der Waals surface area contributed by atoms with Crippen LogP contribution in [0, 0.1) is 11.3 Å². The van der Waals surface area contributed by atoms with E-state index >= 15 is 0 Å². The first kappa shape index (κ1) is 14.3.